The monoisotopic (exact) mass is 370 g/mol. The second-order valence-electron chi connectivity index (χ2n) is 5.55. The number of aryl methyl sites for hydroxylation is 1. The molecule has 2 aromatic carbocycles. The second-order valence-corrected chi connectivity index (χ2v) is 5.96. The first-order valence-corrected chi connectivity index (χ1v) is 8.32. The molecule has 0 unspecified atom stereocenters. The minimum Gasteiger partial charge on any atom is -0.497 e. The molecule has 7 heteroatoms. The van der Waals surface area contributed by atoms with Gasteiger partial charge in [0.25, 0.3) is 0 Å². The molecule has 0 aliphatic carbocycles. The Labute approximate surface area is 157 Å². The number of ether oxygens (including phenoxy) is 2. The number of nitrogens with zero attached hydrogens (tertiary/aromatic N) is 2. The van der Waals surface area contributed by atoms with Crippen LogP contribution < -0.4 is 20.1 Å². The molecule has 0 spiro atoms. The summed E-state index contributed by atoms with van der Waals surface area (Å²) >= 11 is 6.15. The van der Waals surface area contributed by atoms with Crippen molar-refractivity contribution in [1.29, 1.82) is 0 Å². The first-order valence-electron chi connectivity index (χ1n) is 7.94. The topological polar surface area (TPSA) is 68.3 Å². The smallest absolute Gasteiger partial charge is 0.229 e. The van der Waals surface area contributed by atoms with E-state index in [0.29, 0.717) is 22.5 Å². The minimum absolute atomic E-state index is 0.466. The van der Waals surface area contributed by atoms with Gasteiger partial charge >= 0.3 is 0 Å². The molecule has 134 valence electrons. The molecule has 26 heavy (non-hydrogen) atoms. The summed E-state index contributed by atoms with van der Waals surface area (Å²) in [6.45, 7) is 1.93. The molecule has 0 amide bonds. The van der Waals surface area contributed by atoms with E-state index in [-0.39, 0.29) is 0 Å². The predicted molar refractivity (Wildman–Crippen MR) is 104 cm³/mol. The zero-order chi connectivity index (χ0) is 18.5. The lowest BCUT2D eigenvalue weighted by Gasteiger charge is -2.13. The summed E-state index contributed by atoms with van der Waals surface area (Å²) in [7, 11) is 3.23. The summed E-state index contributed by atoms with van der Waals surface area (Å²) in [5.74, 6) is 2.49. The van der Waals surface area contributed by atoms with Crippen molar-refractivity contribution in [3.63, 3.8) is 0 Å². The summed E-state index contributed by atoms with van der Waals surface area (Å²) in [6, 6.07) is 13.0. The van der Waals surface area contributed by atoms with E-state index >= 15 is 0 Å². The molecule has 0 bridgehead atoms. The first kappa shape index (κ1) is 17.8. The lowest BCUT2D eigenvalue weighted by Crippen LogP contribution is -2.02. The van der Waals surface area contributed by atoms with Gasteiger partial charge in [-0.3, -0.25) is 0 Å². The highest BCUT2D eigenvalue weighted by molar-refractivity contribution is 6.31. The summed E-state index contributed by atoms with van der Waals surface area (Å²) in [5, 5.41) is 7.05. The Morgan fingerprint density at radius 2 is 1.85 bits per heavy atom. The van der Waals surface area contributed by atoms with Crippen molar-refractivity contribution in [2.45, 2.75) is 6.92 Å². The maximum Gasteiger partial charge on any atom is 0.229 e. The highest BCUT2D eigenvalue weighted by atomic mass is 35.5. The molecule has 2 N–H and O–H groups in total. The van der Waals surface area contributed by atoms with Crippen molar-refractivity contribution in [1.82, 2.24) is 9.97 Å². The molecule has 1 aromatic heterocycles. The quantitative estimate of drug-likeness (QED) is 0.640. The number of nitrogens with one attached hydrogen (secondary N) is 2. The van der Waals surface area contributed by atoms with Crippen LogP contribution in [-0.4, -0.2) is 24.2 Å². The molecular weight excluding hydrogens is 352 g/mol. The van der Waals surface area contributed by atoms with Gasteiger partial charge < -0.3 is 20.1 Å². The lowest BCUT2D eigenvalue weighted by atomic mass is 10.2. The Kier molecular flexibility index (Phi) is 5.43. The SMILES string of the molecule is COc1cccc(Nc2nccc(Nc3cc(C)c(Cl)cc3OC)n2)c1. The van der Waals surface area contributed by atoms with Crippen molar-refractivity contribution >= 4 is 34.7 Å². The van der Waals surface area contributed by atoms with E-state index in [0.717, 1.165) is 22.7 Å². The van der Waals surface area contributed by atoms with Gasteiger partial charge in [0.05, 0.1) is 19.9 Å². The normalized spacial score (nSPS) is 10.3. The minimum atomic E-state index is 0.466. The van der Waals surface area contributed by atoms with E-state index in [1.54, 1.807) is 32.5 Å². The highest BCUT2D eigenvalue weighted by Crippen LogP contribution is 2.32. The van der Waals surface area contributed by atoms with Crippen molar-refractivity contribution < 1.29 is 9.47 Å². The van der Waals surface area contributed by atoms with Crippen LogP contribution in [0, 0.1) is 6.92 Å². The van der Waals surface area contributed by atoms with Gasteiger partial charge in [0, 0.05) is 29.0 Å². The number of benzene rings is 2. The highest BCUT2D eigenvalue weighted by Gasteiger charge is 2.09. The van der Waals surface area contributed by atoms with E-state index in [1.807, 2.05) is 37.3 Å². The molecule has 3 rings (SSSR count). The number of hydrogen-bond acceptors (Lipinski definition) is 6. The Morgan fingerprint density at radius 1 is 1.00 bits per heavy atom. The summed E-state index contributed by atoms with van der Waals surface area (Å²) in [4.78, 5) is 8.73. The van der Waals surface area contributed by atoms with Crippen LogP contribution in [0.1, 0.15) is 5.56 Å². The van der Waals surface area contributed by atoms with Crippen LogP contribution >= 0.6 is 11.6 Å². The number of hydrogen-bond donors (Lipinski definition) is 2. The molecule has 3 aromatic rings. The fourth-order valence-corrected chi connectivity index (χ4v) is 2.54. The van der Waals surface area contributed by atoms with Crippen molar-refractivity contribution in [3.05, 3.63) is 59.2 Å². The molecule has 0 saturated carbocycles. The lowest BCUT2D eigenvalue weighted by molar-refractivity contribution is 0.415. The molecule has 0 aliphatic rings. The Bertz CT molecular complexity index is 918. The Morgan fingerprint density at radius 3 is 2.62 bits per heavy atom. The Balaban J connectivity index is 1.82. The zero-order valence-electron chi connectivity index (χ0n) is 14.7. The summed E-state index contributed by atoms with van der Waals surface area (Å²) < 4.78 is 10.6. The summed E-state index contributed by atoms with van der Waals surface area (Å²) in [6.07, 6.45) is 1.67. The van der Waals surface area contributed by atoms with Gasteiger partial charge in [-0.2, -0.15) is 4.98 Å². The number of methoxy groups -OCH3 is 2. The molecule has 6 nitrogen and oxygen atoms in total. The van der Waals surface area contributed by atoms with Gasteiger partial charge in [0.2, 0.25) is 5.95 Å². The van der Waals surface area contributed by atoms with Crippen molar-refractivity contribution in [2.75, 3.05) is 24.9 Å². The van der Waals surface area contributed by atoms with Crippen LogP contribution in [0.25, 0.3) is 0 Å². The van der Waals surface area contributed by atoms with Gasteiger partial charge in [0.1, 0.15) is 17.3 Å². The average Bonchev–Trinajstić information content (AvgIpc) is 2.65. The maximum absolute atomic E-state index is 6.15. The van der Waals surface area contributed by atoms with E-state index in [9.17, 15) is 0 Å². The summed E-state index contributed by atoms with van der Waals surface area (Å²) in [5.41, 5.74) is 2.56. The molecule has 0 fully saturated rings. The molecule has 0 saturated heterocycles. The van der Waals surface area contributed by atoms with E-state index in [1.165, 1.54) is 0 Å². The number of aromatic nitrogens is 2. The fraction of sp³-hybridized carbons (Fsp3) is 0.158. The van der Waals surface area contributed by atoms with E-state index < -0.39 is 0 Å². The average molecular weight is 371 g/mol. The number of halogens is 1. The van der Waals surface area contributed by atoms with Gasteiger partial charge in [-0.1, -0.05) is 17.7 Å². The molecule has 0 atom stereocenters. The van der Waals surface area contributed by atoms with Crippen LogP contribution in [0.5, 0.6) is 11.5 Å². The predicted octanol–water partition coefficient (Wildman–Crippen LogP) is 4.94. The van der Waals surface area contributed by atoms with Crippen LogP contribution in [0.15, 0.2) is 48.7 Å². The van der Waals surface area contributed by atoms with E-state index in [2.05, 4.69) is 20.6 Å². The molecule has 0 radical (unpaired) electrons. The van der Waals surface area contributed by atoms with Crippen LogP contribution in [0.3, 0.4) is 0 Å². The third kappa shape index (κ3) is 4.15. The van der Waals surface area contributed by atoms with Crippen molar-refractivity contribution in [3.8, 4) is 11.5 Å². The first-order chi connectivity index (χ1) is 12.6. The third-order valence-corrected chi connectivity index (χ3v) is 4.13. The van der Waals surface area contributed by atoms with Crippen LogP contribution in [0.2, 0.25) is 5.02 Å². The largest absolute Gasteiger partial charge is 0.497 e. The van der Waals surface area contributed by atoms with E-state index in [4.69, 9.17) is 21.1 Å². The van der Waals surface area contributed by atoms with Crippen molar-refractivity contribution in [2.24, 2.45) is 0 Å². The third-order valence-electron chi connectivity index (χ3n) is 3.72. The van der Waals surface area contributed by atoms with Gasteiger partial charge in [-0.25, -0.2) is 4.98 Å². The van der Waals surface area contributed by atoms with Crippen LogP contribution in [0.4, 0.5) is 23.1 Å². The standard InChI is InChI=1S/C19H19ClN4O2/c1-12-9-16(17(26-3)11-15(12)20)23-18-7-8-21-19(24-18)22-13-5-4-6-14(10-13)25-2/h4-11H,1-3H3,(H2,21,22,23,24). The zero-order valence-corrected chi connectivity index (χ0v) is 15.5. The fourth-order valence-electron chi connectivity index (χ4n) is 2.39. The molecule has 0 aliphatic heterocycles. The second kappa shape index (κ2) is 7.93. The number of anilines is 4. The number of rotatable bonds is 6. The Hall–Kier alpha value is -2.99. The maximum atomic E-state index is 6.15. The van der Waals surface area contributed by atoms with Gasteiger partial charge in [0.15, 0.2) is 0 Å². The van der Waals surface area contributed by atoms with Crippen LogP contribution in [-0.2, 0) is 0 Å². The van der Waals surface area contributed by atoms with Gasteiger partial charge in [-0.15, -0.1) is 0 Å². The molecular formula is C19H19ClN4O2. The molecule has 1 heterocycles. The van der Waals surface area contributed by atoms with Gasteiger partial charge in [-0.05, 0) is 36.8 Å².